The highest BCUT2D eigenvalue weighted by molar-refractivity contribution is 9.10. The van der Waals surface area contributed by atoms with E-state index in [0.717, 1.165) is 10.9 Å². The van der Waals surface area contributed by atoms with Crippen LogP contribution in [0.1, 0.15) is 4.88 Å². The fourth-order valence-corrected chi connectivity index (χ4v) is 2.39. The number of rotatable bonds is 3. The van der Waals surface area contributed by atoms with Gasteiger partial charge in [-0.25, -0.2) is 0 Å². The lowest BCUT2D eigenvalue weighted by molar-refractivity contribution is -0.124. The summed E-state index contributed by atoms with van der Waals surface area (Å²) in [6.45, 7) is 0.583. The van der Waals surface area contributed by atoms with E-state index in [9.17, 15) is 4.79 Å². The number of carbonyl (C=O) groups is 1. The quantitative estimate of drug-likeness (QED) is 0.791. The number of nitriles is 1. The van der Waals surface area contributed by atoms with E-state index < -0.39 is 5.91 Å². The van der Waals surface area contributed by atoms with Crippen molar-refractivity contribution in [2.75, 3.05) is 13.6 Å². The molecule has 0 radical (unpaired) electrons. The topological polar surface area (TPSA) is 44.1 Å². The molecule has 14 heavy (non-hydrogen) atoms. The summed E-state index contributed by atoms with van der Waals surface area (Å²) in [6.07, 6.45) is 0.792. The van der Waals surface area contributed by atoms with Crippen LogP contribution < -0.4 is 0 Å². The lowest BCUT2D eigenvalue weighted by Gasteiger charge is -2.11. The molecule has 1 amide bonds. The highest BCUT2D eigenvalue weighted by Gasteiger charge is 2.07. The molecule has 0 unspecified atom stereocenters. The minimum atomic E-state index is -0.486. The molecule has 0 aliphatic heterocycles. The van der Waals surface area contributed by atoms with Gasteiger partial charge in [0.25, 0.3) is 0 Å². The van der Waals surface area contributed by atoms with Crippen LogP contribution in [0.15, 0.2) is 15.9 Å². The Balaban J connectivity index is 2.42. The monoisotopic (exact) mass is 272 g/mol. The van der Waals surface area contributed by atoms with Crippen molar-refractivity contribution in [3.8, 4) is 6.07 Å². The number of likely N-dealkylation sites (N-methyl/N-ethyl adjacent to an activating group) is 1. The van der Waals surface area contributed by atoms with Gasteiger partial charge >= 0.3 is 5.91 Å². The maximum absolute atomic E-state index is 10.9. The van der Waals surface area contributed by atoms with Crippen LogP contribution in [0.2, 0.25) is 0 Å². The number of carbonyl (C=O) groups excluding carboxylic acids is 1. The Hall–Kier alpha value is -0.860. The molecule has 3 nitrogen and oxygen atoms in total. The first-order valence-corrected chi connectivity index (χ1v) is 5.69. The molecule has 0 bridgehead atoms. The van der Waals surface area contributed by atoms with Gasteiger partial charge in [-0.05, 0) is 28.4 Å². The molecule has 74 valence electrons. The molecular weight excluding hydrogens is 264 g/mol. The van der Waals surface area contributed by atoms with Gasteiger partial charge in [0.15, 0.2) is 6.07 Å². The largest absolute Gasteiger partial charge is 0.333 e. The number of amides is 1. The predicted molar refractivity (Wildman–Crippen MR) is 59.0 cm³/mol. The molecule has 5 heteroatoms. The molecular formula is C9H9BrN2OS. The molecule has 0 aliphatic carbocycles. The summed E-state index contributed by atoms with van der Waals surface area (Å²) < 4.78 is 1.06. The van der Waals surface area contributed by atoms with Crippen LogP contribution >= 0.6 is 27.3 Å². The van der Waals surface area contributed by atoms with E-state index >= 15 is 0 Å². The maximum Gasteiger partial charge on any atom is 0.324 e. The van der Waals surface area contributed by atoms with Gasteiger partial charge in [-0.1, -0.05) is 0 Å². The first-order valence-electron chi connectivity index (χ1n) is 4.01. The van der Waals surface area contributed by atoms with Crippen LogP contribution in [0.4, 0.5) is 0 Å². The Morgan fingerprint density at radius 2 is 2.50 bits per heavy atom. The molecule has 0 atom stereocenters. The van der Waals surface area contributed by atoms with Crippen molar-refractivity contribution in [3.05, 3.63) is 20.8 Å². The van der Waals surface area contributed by atoms with E-state index in [4.69, 9.17) is 5.26 Å². The molecule has 0 aliphatic rings. The Bertz CT molecular complexity index is 369. The van der Waals surface area contributed by atoms with Crippen molar-refractivity contribution in [2.24, 2.45) is 0 Å². The summed E-state index contributed by atoms with van der Waals surface area (Å²) in [5, 5.41) is 10.4. The van der Waals surface area contributed by atoms with Crippen LogP contribution in [-0.4, -0.2) is 24.4 Å². The van der Waals surface area contributed by atoms with Crippen molar-refractivity contribution < 1.29 is 4.79 Å². The summed E-state index contributed by atoms with van der Waals surface area (Å²) in [4.78, 5) is 13.5. The van der Waals surface area contributed by atoms with Gasteiger partial charge in [0, 0.05) is 28.3 Å². The molecule has 0 saturated heterocycles. The molecule has 0 saturated carbocycles. The Morgan fingerprint density at radius 3 is 3.00 bits per heavy atom. The third-order valence-corrected chi connectivity index (χ3v) is 3.52. The van der Waals surface area contributed by atoms with E-state index in [1.165, 1.54) is 9.78 Å². The van der Waals surface area contributed by atoms with Gasteiger partial charge in [0.05, 0.1) is 0 Å². The first-order chi connectivity index (χ1) is 6.63. The molecule has 1 aromatic rings. The van der Waals surface area contributed by atoms with Gasteiger partial charge in [0.1, 0.15) is 0 Å². The van der Waals surface area contributed by atoms with Crippen molar-refractivity contribution in [3.63, 3.8) is 0 Å². The van der Waals surface area contributed by atoms with E-state index in [1.54, 1.807) is 24.5 Å². The van der Waals surface area contributed by atoms with Crippen LogP contribution in [0.5, 0.6) is 0 Å². The summed E-state index contributed by atoms with van der Waals surface area (Å²) >= 11 is 5.00. The second-order valence-corrected chi connectivity index (χ2v) is 4.73. The number of hydrogen-bond acceptors (Lipinski definition) is 3. The zero-order valence-electron chi connectivity index (χ0n) is 7.66. The summed E-state index contributed by atoms with van der Waals surface area (Å²) in [6, 6.07) is 3.61. The first kappa shape index (κ1) is 11.2. The summed E-state index contributed by atoms with van der Waals surface area (Å²) in [7, 11) is 1.63. The van der Waals surface area contributed by atoms with E-state index in [1.807, 2.05) is 11.4 Å². The van der Waals surface area contributed by atoms with Gasteiger partial charge in [-0.3, -0.25) is 4.79 Å². The molecule has 0 aromatic carbocycles. The molecule has 0 spiro atoms. The maximum atomic E-state index is 10.9. The van der Waals surface area contributed by atoms with Gasteiger partial charge in [-0.15, -0.1) is 11.3 Å². The predicted octanol–water partition coefficient (Wildman–Crippen LogP) is 2.04. The average molecular weight is 273 g/mol. The van der Waals surface area contributed by atoms with Crippen LogP contribution in [0, 0.1) is 11.3 Å². The third-order valence-electron chi connectivity index (χ3n) is 1.76. The van der Waals surface area contributed by atoms with E-state index in [2.05, 4.69) is 15.9 Å². The number of halogens is 1. The number of thiophene rings is 1. The fraction of sp³-hybridized carbons (Fsp3) is 0.333. The third kappa shape index (κ3) is 3.13. The molecule has 1 aromatic heterocycles. The number of hydrogen-bond donors (Lipinski definition) is 0. The smallest absolute Gasteiger partial charge is 0.324 e. The molecule has 0 fully saturated rings. The molecule has 1 heterocycles. The Morgan fingerprint density at radius 1 is 1.79 bits per heavy atom. The zero-order chi connectivity index (χ0) is 10.6. The second kappa shape index (κ2) is 5.13. The van der Waals surface area contributed by atoms with Gasteiger partial charge < -0.3 is 4.90 Å². The highest BCUT2D eigenvalue weighted by atomic mass is 79.9. The van der Waals surface area contributed by atoms with Crippen LogP contribution in [0.25, 0.3) is 0 Å². The van der Waals surface area contributed by atoms with Gasteiger partial charge in [0.2, 0.25) is 0 Å². The minimum absolute atomic E-state index is 0.486. The van der Waals surface area contributed by atoms with Crippen molar-refractivity contribution in [2.45, 2.75) is 6.42 Å². The van der Waals surface area contributed by atoms with Gasteiger partial charge in [-0.2, -0.15) is 5.26 Å². The van der Waals surface area contributed by atoms with E-state index in [0.29, 0.717) is 6.54 Å². The normalized spacial score (nSPS) is 9.50. The SMILES string of the molecule is CN(CCc1cc(Br)cs1)C(=O)C#N. The van der Waals surface area contributed by atoms with Crippen molar-refractivity contribution in [1.29, 1.82) is 5.26 Å². The second-order valence-electron chi connectivity index (χ2n) is 2.82. The fourth-order valence-electron chi connectivity index (χ4n) is 0.950. The lowest BCUT2D eigenvalue weighted by atomic mass is 10.3. The number of nitrogens with zero attached hydrogens (tertiary/aromatic N) is 2. The van der Waals surface area contributed by atoms with E-state index in [-0.39, 0.29) is 0 Å². The Labute approximate surface area is 95.1 Å². The van der Waals surface area contributed by atoms with Crippen molar-refractivity contribution in [1.82, 2.24) is 4.90 Å². The lowest BCUT2D eigenvalue weighted by Crippen LogP contribution is -2.27. The standard InChI is InChI=1S/C9H9BrN2OS/c1-12(9(13)5-11)3-2-8-4-7(10)6-14-8/h4,6H,2-3H2,1H3. The van der Waals surface area contributed by atoms with Crippen LogP contribution in [-0.2, 0) is 11.2 Å². The average Bonchev–Trinajstić information content (AvgIpc) is 2.59. The molecule has 1 rings (SSSR count). The van der Waals surface area contributed by atoms with Crippen LogP contribution in [0.3, 0.4) is 0 Å². The van der Waals surface area contributed by atoms with Crippen molar-refractivity contribution >= 4 is 33.2 Å². The summed E-state index contributed by atoms with van der Waals surface area (Å²) in [5.74, 6) is -0.486. The minimum Gasteiger partial charge on any atom is -0.333 e. The zero-order valence-corrected chi connectivity index (χ0v) is 10.1. The summed E-state index contributed by atoms with van der Waals surface area (Å²) in [5.41, 5.74) is 0. The molecule has 0 N–H and O–H groups in total. The Kier molecular flexibility index (Phi) is 4.11. The highest BCUT2D eigenvalue weighted by Crippen LogP contribution is 2.20.